The predicted octanol–water partition coefficient (Wildman–Crippen LogP) is 4.34. The maximum Gasteiger partial charge on any atom is 0.163 e. The summed E-state index contributed by atoms with van der Waals surface area (Å²) in [7, 11) is 0. The Balaban J connectivity index is 1.21. The molecule has 0 amide bonds. The van der Waals surface area contributed by atoms with E-state index in [1.165, 1.54) is 12.1 Å². The molecular formula is C27H28F2N6. The second-order valence-corrected chi connectivity index (χ2v) is 8.79. The van der Waals surface area contributed by atoms with E-state index in [0.29, 0.717) is 25.3 Å². The van der Waals surface area contributed by atoms with Gasteiger partial charge in [0.25, 0.3) is 0 Å². The van der Waals surface area contributed by atoms with Crippen molar-refractivity contribution in [3.05, 3.63) is 107 Å². The molecule has 4 aromatic rings. The molecule has 0 N–H and O–H groups in total. The van der Waals surface area contributed by atoms with Crippen LogP contribution in [0.2, 0.25) is 0 Å². The van der Waals surface area contributed by atoms with Crippen LogP contribution in [0.3, 0.4) is 0 Å². The van der Waals surface area contributed by atoms with E-state index in [1.807, 2.05) is 46.0 Å². The minimum Gasteiger partial charge on any atom is -0.367 e. The van der Waals surface area contributed by atoms with Crippen molar-refractivity contribution < 1.29 is 8.78 Å². The van der Waals surface area contributed by atoms with E-state index in [4.69, 9.17) is 0 Å². The summed E-state index contributed by atoms with van der Waals surface area (Å²) in [5.74, 6) is -0.259. The summed E-state index contributed by atoms with van der Waals surface area (Å²) in [4.78, 5) is 4.35. The standard InChI is InChI=1S/C27H28F2N6/c28-23-12-13-25(24(29)20-23)34-18-16-33(17-19-34)14-7-15-35-27(30-31-32-35)26(21-8-3-1-4-9-21)22-10-5-2-6-11-22/h1-6,8-13,20,26H,7,14-19H2. The van der Waals surface area contributed by atoms with Crippen molar-refractivity contribution in [2.75, 3.05) is 37.6 Å². The molecule has 8 heteroatoms. The van der Waals surface area contributed by atoms with Crippen LogP contribution in [0.1, 0.15) is 29.3 Å². The van der Waals surface area contributed by atoms with Crippen molar-refractivity contribution in [2.24, 2.45) is 0 Å². The molecule has 3 aromatic carbocycles. The number of nitrogens with zero attached hydrogens (tertiary/aromatic N) is 6. The van der Waals surface area contributed by atoms with Crippen molar-refractivity contribution in [3.8, 4) is 0 Å². The molecular weight excluding hydrogens is 446 g/mol. The SMILES string of the molecule is Fc1ccc(N2CCN(CCCn3nnnc3C(c3ccccc3)c3ccccc3)CC2)c(F)c1. The van der Waals surface area contributed by atoms with Gasteiger partial charge in [0.2, 0.25) is 0 Å². The lowest BCUT2D eigenvalue weighted by atomic mass is 9.90. The first-order chi connectivity index (χ1) is 17.2. The molecule has 180 valence electrons. The molecule has 35 heavy (non-hydrogen) atoms. The van der Waals surface area contributed by atoms with E-state index in [0.717, 1.165) is 49.1 Å². The third-order valence-electron chi connectivity index (χ3n) is 6.55. The highest BCUT2D eigenvalue weighted by Crippen LogP contribution is 2.30. The minimum absolute atomic E-state index is 0.0402. The average molecular weight is 475 g/mol. The van der Waals surface area contributed by atoms with Gasteiger partial charge in [-0.25, -0.2) is 13.5 Å². The van der Waals surface area contributed by atoms with Gasteiger partial charge in [0, 0.05) is 45.3 Å². The van der Waals surface area contributed by atoms with Gasteiger partial charge in [0.15, 0.2) is 5.82 Å². The van der Waals surface area contributed by atoms with Crippen LogP contribution < -0.4 is 4.90 Å². The maximum atomic E-state index is 14.1. The molecule has 0 atom stereocenters. The Morgan fingerprint density at radius 1 is 0.771 bits per heavy atom. The van der Waals surface area contributed by atoms with E-state index in [9.17, 15) is 8.78 Å². The fourth-order valence-corrected chi connectivity index (χ4v) is 4.75. The maximum absolute atomic E-state index is 14.1. The third-order valence-corrected chi connectivity index (χ3v) is 6.55. The number of aromatic nitrogens is 4. The van der Waals surface area contributed by atoms with Crippen molar-refractivity contribution in [2.45, 2.75) is 18.9 Å². The number of aryl methyl sites for hydroxylation is 1. The molecule has 0 spiro atoms. The molecule has 1 fully saturated rings. The van der Waals surface area contributed by atoms with Gasteiger partial charge in [-0.1, -0.05) is 60.7 Å². The second kappa shape index (κ2) is 10.7. The van der Waals surface area contributed by atoms with Crippen molar-refractivity contribution >= 4 is 5.69 Å². The zero-order valence-corrected chi connectivity index (χ0v) is 19.5. The summed E-state index contributed by atoms with van der Waals surface area (Å²) in [6.07, 6.45) is 0.902. The Labute approximate surface area is 203 Å². The number of anilines is 1. The quantitative estimate of drug-likeness (QED) is 0.380. The largest absolute Gasteiger partial charge is 0.367 e. The van der Waals surface area contributed by atoms with Gasteiger partial charge in [-0.3, -0.25) is 4.90 Å². The van der Waals surface area contributed by atoms with Crippen LogP contribution in [0.5, 0.6) is 0 Å². The topological polar surface area (TPSA) is 50.1 Å². The van der Waals surface area contributed by atoms with E-state index in [2.05, 4.69) is 44.7 Å². The first-order valence-corrected chi connectivity index (χ1v) is 12.0. The van der Waals surface area contributed by atoms with E-state index in [1.54, 1.807) is 0 Å². The lowest BCUT2D eigenvalue weighted by Crippen LogP contribution is -2.47. The van der Waals surface area contributed by atoms with Gasteiger partial charge in [0.1, 0.15) is 11.6 Å². The second-order valence-electron chi connectivity index (χ2n) is 8.79. The van der Waals surface area contributed by atoms with Crippen LogP contribution in [0.15, 0.2) is 78.9 Å². The summed E-state index contributed by atoms with van der Waals surface area (Å²) in [6.45, 7) is 4.70. The van der Waals surface area contributed by atoms with Gasteiger partial charge in [0.05, 0.1) is 11.6 Å². The summed E-state index contributed by atoms with van der Waals surface area (Å²) in [5.41, 5.74) is 2.77. The van der Waals surface area contributed by atoms with Gasteiger partial charge in [-0.05, 0) is 40.1 Å². The van der Waals surface area contributed by atoms with Gasteiger partial charge < -0.3 is 4.90 Å². The zero-order valence-electron chi connectivity index (χ0n) is 19.5. The number of rotatable bonds is 8. The fraction of sp³-hybridized carbons (Fsp3) is 0.296. The van der Waals surface area contributed by atoms with Gasteiger partial charge in [-0.15, -0.1) is 5.10 Å². The fourth-order valence-electron chi connectivity index (χ4n) is 4.75. The van der Waals surface area contributed by atoms with Crippen LogP contribution in [-0.4, -0.2) is 57.8 Å². The molecule has 1 saturated heterocycles. The number of halogens is 2. The molecule has 5 rings (SSSR count). The number of hydrogen-bond acceptors (Lipinski definition) is 5. The lowest BCUT2D eigenvalue weighted by molar-refractivity contribution is 0.247. The molecule has 1 aliphatic heterocycles. The molecule has 0 bridgehead atoms. The first kappa shape index (κ1) is 23.1. The first-order valence-electron chi connectivity index (χ1n) is 12.0. The van der Waals surface area contributed by atoms with E-state index in [-0.39, 0.29) is 5.92 Å². The molecule has 0 unspecified atom stereocenters. The Morgan fingerprint density at radius 2 is 1.43 bits per heavy atom. The molecule has 6 nitrogen and oxygen atoms in total. The van der Waals surface area contributed by atoms with Crippen LogP contribution in [0, 0.1) is 11.6 Å². The van der Waals surface area contributed by atoms with Gasteiger partial charge in [-0.2, -0.15) is 0 Å². The summed E-state index contributed by atoms with van der Waals surface area (Å²) >= 11 is 0. The Bertz CT molecular complexity index is 1180. The summed E-state index contributed by atoms with van der Waals surface area (Å²) in [5, 5.41) is 12.7. The van der Waals surface area contributed by atoms with Crippen molar-refractivity contribution in [1.29, 1.82) is 0 Å². The van der Waals surface area contributed by atoms with Crippen molar-refractivity contribution in [1.82, 2.24) is 25.1 Å². The summed E-state index contributed by atoms with van der Waals surface area (Å²) in [6, 6.07) is 24.4. The van der Waals surface area contributed by atoms with E-state index >= 15 is 0 Å². The number of tetrazole rings is 1. The number of hydrogen-bond donors (Lipinski definition) is 0. The number of piperazine rings is 1. The normalized spacial score (nSPS) is 14.5. The molecule has 2 heterocycles. The number of benzene rings is 3. The van der Waals surface area contributed by atoms with Crippen LogP contribution in [0.4, 0.5) is 14.5 Å². The van der Waals surface area contributed by atoms with E-state index < -0.39 is 11.6 Å². The monoisotopic (exact) mass is 474 g/mol. The Kier molecular flexibility index (Phi) is 7.09. The molecule has 1 aromatic heterocycles. The summed E-state index contributed by atoms with van der Waals surface area (Å²) < 4.78 is 29.3. The third kappa shape index (κ3) is 5.38. The Morgan fingerprint density at radius 3 is 2.06 bits per heavy atom. The predicted molar refractivity (Wildman–Crippen MR) is 131 cm³/mol. The van der Waals surface area contributed by atoms with Crippen LogP contribution >= 0.6 is 0 Å². The van der Waals surface area contributed by atoms with Crippen LogP contribution in [0.25, 0.3) is 0 Å². The highest BCUT2D eigenvalue weighted by Gasteiger charge is 2.24. The smallest absolute Gasteiger partial charge is 0.163 e. The minimum atomic E-state index is -0.548. The molecule has 1 aliphatic rings. The molecule has 0 saturated carbocycles. The molecule has 0 radical (unpaired) electrons. The highest BCUT2D eigenvalue weighted by atomic mass is 19.1. The Hall–Kier alpha value is -3.65. The lowest BCUT2D eigenvalue weighted by Gasteiger charge is -2.36. The van der Waals surface area contributed by atoms with Crippen molar-refractivity contribution in [3.63, 3.8) is 0 Å². The zero-order chi connectivity index (χ0) is 24.0. The van der Waals surface area contributed by atoms with Crippen LogP contribution in [-0.2, 0) is 6.54 Å². The molecule has 0 aliphatic carbocycles. The highest BCUT2D eigenvalue weighted by molar-refractivity contribution is 5.48. The average Bonchev–Trinajstić information content (AvgIpc) is 3.34. The van der Waals surface area contributed by atoms with Gasteiger partial charge >= 0.3 is 0 Å².